The molecule has 0 aromatic heterocycles. The third kappa shape index (κ3) is 2.32. The SMILES string of the molecule is CC1(C)[C@@H]2CC3OB([C@@H](N)CCCC(=O)O)O[C@@]3(C)[C@H]1C2. The molecule has 3 N–H and O–H groups in total. The number of rotatable bonds is 5. The first-order valence-corrected chi connectivity index (χ1v) is 8.06. The first-order valence-electron chi connectivity index (χ1n) is 8.06. The van der Waals surface area contributed by atoms with Gasteiger partial charge in [0.05, 0.1) is 11.7 Å². The maximum atomic E-state index is 10.6. The Morgan fingerprint density at radius 3 is 2.76 bits per heavy atom. The third-order valence-electron chi connectivity index (χ3n) is 6.25. The number of hydrogen-bond donors (Lipinski definition) is 2. The van der Waals surface area contributed by atoms with Crippen LogP contribution in [0.15, 0.2) is 0 Å². The van der Waals surface area contributed by atoms with Crippen molar-refractivity contribution in [3.63, 3.8) is 0 Å². The van der Waals surface area contributed by atoms with Crippen LogP contribution in [-0.4, -0.2) is 35.8 Å². The molecular weight excluding hydrogens is 269 g/mol. The lowest BCUT2D eigenvalue weighted by atomic mass is 9.43. The molecule has 0 aromatic rings. The Morgan fingerprint density at radius 1 is 1.43 bits per heavy atom. The fourth-order valence-corrected chi connectivity index (χ4v) is 4.71. The number of carboxylic acids is 1. The van der Waals surface area contributed by atoms with Crippen LogP contribution in [-0.2, 0) is 14.1 Å². The molecule has 1 saturated heterocycles. The molecule has 0 radical (unpaired) electrons. The highest BCUT2D eigenvalue weighted by Crippen LogP contribution is 2.65. The Labute approximate surface area is 126 Å². The summed E-state index contributed by atoms with van der Waals surface area (Å²) in [6.07, 6.45) is 3.77. The van der Waals surface area contributed by atoms with Gasteiger partial charge in [-0.15, -0.1) is 0 Å². The Balaban J connectivity index is 1.61. The molecule has 3 aliphatic carbocycles. The molecule has 5 nitrogen and oxygen atoms in total. The summed E-state index contributed by atoms with van der Waals surface area (Å²) in [5.41, 5.74) is 6.26. The highest BCUT2D eigenvalue weighted by Gasteiger charge is 2.68. The largest absolute Gasteiger partial charge is 0.481 e. The van der Waals surface area contributed by atoms with Crippen molar-refractivity contribution >= 4 is 13.1 Å². The van der Waals surface area contributed by atoms with Crippen molar-refractivity contribution in [1.29, 1.82) is 0 Å². The zero-order chi connectivity index (χ0) is 15.4. The van der Waals surface area contributed by atoms with Gasteiger partial charge in [-0.05, 0) is 49.9 Å². The summed E-state index contributed by atoms with van der Waals surface area (Å²) in [4.78, 5) is 10.6. The Bertz CT molecular complexity index is 443. The van der Waals surface area contributed by atoms with Gasteiger partial charge in [0.15, 0.2) is 0 Å². The molecule has 3 saturated carbocycles. The van der Waals surface area contributed by atoms with E-state index in [-0.39, 0.29) is 31.2 Å². The van der Waals surface area contributed by atoms with Crippen molar-refractivity contribution in [1.82, 2.24) is 0 Å². The zero-order valence-corrected chi connectivity index (χ0v) is 13.2. The monoisotopic (exact) mass is 295 g/mol. The quantitative estimate of drug-likeness (QED) is 0.756. The molecule has 0 aromatic carbocycles. The second kappa shape index (κ2) is 4.96. The highest BCUT2D eigenvalue weighted by atomic mass is 16.7. The van der Waals surface area contributed by atoms with Gasteiger partial charge in [-0.2, -0.15) is 0 Å². The first kappa shape index (κ1) is 15.3. The number of aliphatic carboxylic acids is 1. The van der Waals surface area contributed by atoms with Crippen LogP contribution in [0.1, 0.15) is 52.9 Å². The number of carboxylic acid groups (broad SMARTS) is 1. The fourth-order valence-electron chi connectivity index (χ4n) is 4.71. The first-order chi connectivity index (χ1) is 9.75. The van der Waals surface area contributed by atoms with Crippen molar-refractivity contribution in [3.05, 3.63) is 0 Å². The van der Waals surface area contributed by atoms with E-state index in [1.54, 1.807) is 0 Å². The average Bonchev–Trinajstić information content (AvgIpc) is 2.74. The summed E-state index contributed by atoms with van der Waals surface area (Å²) in [7, 11) is -0.385. The second-order valence-corrected chi connectivity index (χ2v) is 7.79. The van der Waals surface area contributed by atoms with Gasteiger partial charge in [0.2, 0.25) is 0 Å². The van der Waals surface area contributed by atoms with Crippen LogP contribution in [0.25, 0.3) is 0 Å². The van der Waals surface area contributed by atoms with Gasteiger partial charge in [0, 0.05) is 12.4 Å². The van der Waals surface area contributed by atoms with Gasteiger partial charge in [0.25, 0.3) is 0 Å². The van der Waals surface area contributed by atoms with Crippen LogP contribution >= 0.6 is 0 Å². The van der Waals surface area contributed by atoms with Crippen molar-refractivity contribution in [2.24, 2.45) is 23.0 Å². The second-order valence-electron chi connectivity index (χ2n) is 7.79. The van der Waals surface area contributed by atoms with E-state index in [1.165, 1.54) is 6.42 Å². The Kier molecular flexibility index (Phi) is 3.62. The molecule has 0 amide bonds. The molecule has 118 valence electrons. The lowest BCUT2D eigenvalue weighted by molar-refractivity contribution is -0.199. The van der Waals surface area contributed by atoms with E-state index in [0.29, 0.717) is 24.2 Å². The minimum atomic E-state index is -0.779. The summed E-state index contributed by atoms with van der Waals surface area (Å²) < 4.78 is 12.4. The summed E-state index contributed by atoms with van der Waals surface area (Å²) in [5, 5.41) is 8.70. The lowest BCUT2D eigenvalue weighted by Crippen LogP contribution is -2.65. The summed E-state index contributed by atoms with van der Waals surface area (Å²) in [6.45, 7) is 6.83. The number of carbonyl (C=O) groups is 1. The van der Waals surface area contributed by atoms with Gasteiger partial charge in [-0.25, -0.2) is 0 Å². The lowest BCUT2D eigenvalue weighted by Gasteiger charge is -2.64. The van der Waals surface area contributed by atoms with Crippen LogP contribution in [0, 0.1) is 17.3 Å². The normalized spacial score (nSPS) is 41.3. The predicted octanol–water partition coefficient (Wildman–Crippen LogP) is 1.84. The van der Waals surface area contributed by atoms with Gasteiger partial charge in [0.1, 0.15) is 0 Å². The topological polar surface area (TPSA) is 81.8 Å². The molecule has 21 heavy (non-hydrogen) atoms. The highest BCUT2D eigenvalue weighted by molar-refractivity contribution is 6.47. The smallest absolute Gasteiger partial charge is 0.475 e. The van der Waals surface area contributed by atoms with Crippen molar-refractivity contribution in [2.75, 3.05) is 0 Å². The van der Waals surface area contributed by atoms with E-state index in [4.69, 9.17) is 20.1 Å². The Hall–Kier alpha value is -0.585. The van der Waals surface area contributed by atoms with Crippen molar-refractivity contribution in [2.45, 2.75) is 70.5 Å². The van der Waals surface area contributed by atoms with E-state index < -0.39 is 5.97 Å². The number of nitrogens with two attached hydrogens (primary N) is 1. The summed E-state index contributed by atoms with van der Waals surface area (Å²) in [6, 6.07) is 0. The number of hydrogen-bond acceptors (Lipinski definition) is 4. The predicted molar refractivity (Wildman–Crippen MR) is 79.6 cm³/mol. The van der Waals surface area contributed by atoms with E-state index in [9.17, 15) is 4.79 Å². The minimum Gasteiger partial charge on any atom is -0.481 e. The maximum absolute atomic E-state index is 10.6. The molecular formula is C15H26BNO4. The van der Waals surface area contributed by atoms with E-state index >= 15 is 0 Å². The molecule has 5 atom stereocenters. The van der Waals surface area contributed by atoms with Crippen LogP contribution in [0.4, 0.5) is 0 Å². The molecule has 1 heterocycles. The molecule has 0 spiro atoms. The van der Waals surface area contributed by atoms with E-state index in [0.717, 1.165) is 12.3 Å². The maximum Gasteiger partial charge on any atom is 0.475 e. The molecule has 2 bridgehead atoms. The Morgan fingerprint density at radius 2 is 2.14 bits per heavy atom. The van der Waals surface area contributed by atoms with Gasteiger partial charge < -0.3 is 20.1 Å². The van der Waals surface area contributed by atoms with Crippen LogP contribution in [0.3, 0.4) is 0 Å². The third-order valence-corrected chi connectivity index (χ3v) is 6.25. The van der Waals surface area contributed by atoms with Crippen molar-refractivity contribution < 1.29 is 19.2 Å². The van der Waals surface area contributed by atoms with Crippen molar-refractivity contribution in [3.8, 4) is 0 Å². The van der Waals surface area contributed by atoms with Gasteiger partial charge in [-0.3, -0.25) is 4.79 Å². The molecule has 1 unspecified atom stereocenters. The van der Waals surface area contributed by atoms with Gasteiger partial charge >= 0.3 is 13.1 Å². The van der Waals surface area contributed by atoms with Crippen LogP contribution in [0.2, 0.25) is 0 Å². The van der Waals surface area contributed by atoms with E-state index in [2.05, 4.69) is 20.8 Å². The van der Waals surface area contributed by atoms with Crippen LogP contribution < -0.4 is 5.73 Å². The summed E-state index contributed by atoms with van der Waals surface area (Å²) >= 11 is 0. The van der Waals surface area contributed by atoms with E-state index in [1.807, 2.05) is 0 Å². The molecule has 4 rings (SSSR count). The molecule has 1 aliphatic heterocycles. The average molecular weight is 295 g/mol. The van der Waals surface area contributed by atoms with Crippen LogP contribution in [0.5, 0.6) is 0 Å². The molecule has 4 fully saturated rings. The minimum absolute atomic E-state index is 0.143. The summed E-state index contributed by atoms with van der Waals surface area (Å²) in [5.74, 6) is 0.238. The molecule has 4 aliphatic rings. The van der Waals surface area contributed by atoms with Gasteiger partial charge in [-0.1, -0.05) is 13.8 Å². The zero-order valence-electron chi connectivity index (χ0n) is 13.2. The standard InChI is InChI=1S/C15H26BNO4/c1-14(2)9-7-10(14)15(3)11(8-9)20-16(21-15)12(17)5-4-6-13(18)19/h9-12H,4-8,17H2,1-3H3,(H,18,19)/t9-,10-,11?,12-,15-/m0/s1. The fraction of sp³-hybridized carbons (Fsp3) is 0.933. The molecule has 6 heteroatoms.